The maximum absolute atomic E-state index is 12.7. The molecule has 2 rings (SSSR count). The topological polar surface area (TPSA) is 141 Å². The predicted octanol–water partition coefficient (Wildman–Crippen LogP) is 2.80. The van der Waals surface area contributed by atoms with Gasteiger partial charge in [0.15, 0.2) is 6.10 Å². The number of nitro groups is 1. The number of carbonyl (C=O) groups excluding carboxylic acids is 2. The van der Waals surface area contributed by atoms with Crippen LogP contribution in [0.15, 0.2) is 35.4 Å². The zero-order chi connectivity index (χ0) is 24.2. The van der Waals surface area contributed by atoms with Gasteiger partial charge in [-0.15, -0.1) is 0 Å². The Hall–Kier alpha value is -2.96. The molecule has 2 aromatic rings. The van der Waals surface area contributed by atoms with Crippen LogP contribution in [0.3, 0.4) is 0 Å². The van der Waals surface area contributed by atoms with Gasteiger partial charge in [0.1, 0.15) is 10.6 Å². The van der Waals surface area contributed by atoms with E-state index in [1.54, 1.807) is 13.8 Å². The minimum Gasteiger partial charge on any atom is -0.448 e. The fraction of sp³-hybridized carbons (Fsp3) is 0.368. The quantitative estimate of drug-likeness (QED) is 0.326. The number of hydrogen-bond donors (Lipinski definition) is 1. The molecular weight excluding hydrogens is 464 g/mol. The molecule has 32 heavy (non-hydrogen) atoms. The first-order valence-corrected chi connectivity index (χ1v) is 11.4. The number of esters is 1. The molecule has 0 spiro atoms. The van der Waals surface area contributed by atoms with E-state index in [1.165, 1.54) is 47.2 Å². The van der Waals surface area contributed by atoms with Crippen LogP contribution in [0, 0.1) is 10.1 Å². The van der Waals surface area contributed by atoms with Gasteiger partial charge in [0.2, 0.25) is 10.0 Å². The Balaban J connectivity index is 2.16. The van der Waals surface area contributed by atoms with Crippen LogP contribution < -0.4 is 5.32 Å². The summed E-state index contributed by atoms with van der Waals surface area (Å²) in [4.78, 5) is 35.1. The summed E-state index contributed by atoms with van der Waals surface area (Å²) in [6.07, 6.45) is -0.00623. The van der Waals surface area contributed by atoms with Crippen molar-refractivity contribution in [3.63, 3.8) is 0 Å². The van der Waals surface area contributed by atoms with Crippen molar-refractivity contribution in [2.45, 2.75) is 31.8 Å². The maximum Gasteiger partial charge on any atom is 0.355 e. The number of anilines is 1. The summed E-state index contributed by atoms with van der Waals surface area (Å²) in [6.45, 7) is 5.24. The van der Waals surface area contributed by atoms with Crippen LogP contribution in [-0.4, -0.2) is 53.3 Å². The number of nitro benzene ring substituents is 1. The van der Waals surface area contributed by atoms with Gasteiger partial charge in [-0.1, -0.05) is 25.4 Å². The fourth-order valence-corrected chi connectivity index (χ4v) is 4.52. The van der Waals surface area contributed by atoms with Gasteiger partial charge in [0, 0.05) is 38.5 Å². The molecule has 11 nitrogen and oxygen atoms in total. The Kier molecular flexibility index (Phi) is 7.99. The monoisotopic (exact) mass is 486 g/mol. The summed E-state index contributed by atoms with van der Waals surface area (Å²) in [6, 6.07) is 4.70. The van der Waals surface area contributed by atoms with Crippen molar-refractivity contribution in [3.8, 4) is 0 Å². The van der Waals surface area contributed by atoms with Crippen LogP contribution in [0.4, 0.5) is 11.4 Å². The number of hydrogen-bond acceptors (Lipinski definition) is 7. The molecule has 1 aromatic carbocycles. The Morgan fingerprint density at radius 1 is 1.28 bits per heavy atom. The normalized spacial score (nSPS) is 12.4. The second-order valence-corrected chi connectivity index (χ2v) is 9.06. The summed E-state index contributed by atoms with van der Waals surface area (Å²) in [7, 11) is -2.30. The number of carbonyl (C=O) groups is 2. The largest absolute Gasteiger partial charge is 0.448 e. The Morgan fingerprint density at radius 2 is 1.91 bits per heavy atom. The van der Waals surface area contributed by atoms with Gasteiger partial charge in [-0.3, -0.25) is 14.9 Å². The molecule has 0 fully saturated rings. The molecule has 1 aromatic heterocycles. The van der Waals surface area contributed by atoms with Gasteiger partial charge in [0.25, 0.3) is 11.6 Å². The van der Waals surface area contributed by atoms with Gasteiger partial charge >= 0.3 is 5.97 Å². The number of sulfonamides is 1. The zero-order valence-electron chi connectivity index (χ0n) is 17.9. The number of nitrogens with zero attached hydrogens (tertiary/aromatic N) is 3. The van der Waals surface area contributed by atoms with Gasteiger partial charge in [-0.05, 0) is 19.1 Å². The number of amides is 1. The van der Waals surface area contributed by atoms with Crippen LogP contribution in [0.2, 0.25) is 5.02 Å². The average molecular weight is 487 g/mol. The molecule has 0 aliphatic rings. The first-order chi connectivity index (χ1) is 14.9. The average Bonchev–Trinajstić information content (AvgIpc) is 3.12. The number of aryl methyl sites for hydroxylation is 1. The lowest BCUT2D eigenvalue weighted by atomic mass is 10.2. The molecule has 13 heteroatoms. The molecule has 0 saturated carbocycles. The molecule has 0 saturated heterocycles. The van der Waals surface area contributed by atoms with E-state index in [0.717, 1.165) is 6.07 Å². The van der Waals surface area contributed by atoms with E-state index < -0.39 is 32.9 Å². The SMILES string of the molecule is CCN(CC)S(=O)(=O)c1cc(C(=O)OC(C)C(=O)Nc2cc([N+](=O)[O-])ccc2Cl)n(C)c1. The first-order valence-electron chi connectivity index (χ1n) is 9.54. The summed E-state index contributed by atoms with van der Waals surface area (Å²) < 4.78 is 33.0. The highest BCUT2D eigenvalue weighted by Gasteiger charge is 2.27. The highest BCUT2D eigenvalue weighted by atomic mass is 35.5. The smallest absolute Gasteiger partial charge is 0.355 e. The lowest BCUT2D eigenvalue weighted by Crippen LogP contribution is -2.30. The third-order valence-electron chi connectivity index (χ3n) is 4.60. The van der Waals surface area contributed by atoms with Crippen LogP contribution in [0.1, 0.15) is 31.3 Å². The molecule has 1 N–H and O–H groups in total. The van der Waals surface area contributed by atoms with Gasteiger partial charge in [0.05, 0.1) is 15.6 Å². The van der Waals surface area contributed by atoms with E-state index >= 15 is 0 Å². The molecule has 1 unspecified atom stereocenters. The van der Waals surface area contributed by atoms with E-state index in [1.807, 2.05) is 0 Å². The predicted molar refractivity (Wildman–Crippen MR) is 117 cm³/mol. The van der Waals surface area contributed by atoms with Crippen molar-refractivity contribution in [1.82, 2.24) is 8.87 Å². The minimum atomic E-state index is -3.78. The van der Waals surface area contributed by atoms with Crippen molar-refractivity contribution >= 4 is 44.9 Å². The molecule has 1 amide bonds. The maximum atomic E-state index is 12.7. The number of ether oxygens (including phenoxy) is 1. The Bertz CT molecular complexity index is 1140. The van der Waals surface area contributed by atoms with E-state index in [4.69, 9.17) is 16.3 Å². The van der Waals surface area contributed by atoms with Crippen molar-refractivity contribution in [3.05, 3.63) is 51.3 Å². The van der Waals surface area contributed by atoms with Gasteiger partial charge < -0.3 is 14.6 Å². The molecule has 0 aliphatic heterocycles. The minimum absolute atomic E-state index is 0.0137. The standard InChI is InChI=1S/C19H23ClN4O7S/c1-5-23(6-2)32(29,30)14-10-17(22(4)11-14)19(26)31-12(3)18(25)21-16-9-13(24(27)28)7-8-15(16)20/h7-12H,5-6H2,1-4H3,(H,21,25). The molecule has 1 heterocycles. The van der Waals surface area contributed by atoms with Gasteiger partial charge in [-0.2, -0.15) is 4.31 Å². The van der Waals surface area contributed by atoms with Crippen molar-refractivity contribution in [2.24, 2.45) is 7.05 Å². The highest BCUT2D eigenvalue weighted by Crippen LogP contribution is 2.27. The van der Waals surface area contributed by atoms with E-state index in [-0.39, 0.29) is 40.1 Å². The first kappa shape index (κ1) is 25.3. The second kappa shape index (κ2) is 10.1. The number of rotatable bonds is 9. The van der Waals surface area contributed by atoms with Crippen molar-refractivity contribution in [1.29, 1.82) is 0 Å². The summed E-state index contributed by atoms with van der Waals surface area (Å²) in [5.74, 6) is -1.69. The third-order valence-corrected chi connectivity index (χ3v) is 6.95. The Labute approximate surface area is 190 Å². The Morgan fingerprint density at radius 3 is 2.47 bits per heavy atom. The zero-order valence-corrected chi connectivity index (χ0v) is 19.4. The lowest BCUT2D eigenvalue weighted by molar-refractivity contribution is -0.384. The number of benzene rings is 1. The second-order valence-electron chi connectivity index (χ2n) is 6.72. The highest BCUT2D eigenvalue weighted by molar-refractivity contribution is 7.89. The molecule has 0 radical (unpaired) electrons. The lowest BCUT2D eigenvalue weighted by Gasteiger charge is -2.17. The molecule has 0 bridgehead atoms. The number of nitrogens with one attached hydrogen (secondary N) is 1. The van der Waals surface area contributed by atoms with E-state index in [2.05, 4.69) is 5.32 Å². The molecule has 0 aliphatic carbocycles. The fourth-order valence-electron chi connectivity index (χ4n) is 2.82. The van der Waals surface area contributed by atoms with Crippen molar-refractivity contribution < 1.29 is 27.7 Å². The summed E-state index contributed by atoms with van der Waals surface area (Å²) >= 11 is 5.96. The van der Waals surface area contributed by atoms with Crippen LogP contribution >= 0.6 is 11.6 Å². The van der Waals surface area contributed by atoms with E-state index in [9.17, 15) is 28.1 Å². The molecular formula is C19H23ClN4O7S. The summed E-state index contributed by atoms with van der Waals surface area (Å²) in [5, 5.41) is 13.3. The number of aromatic nitrogens is 1. The molecule has 1 atom stereocenters. The number of non-ortho nitro benzene ring substituents is 1. The van der Waals surface area contributed by atoms with Crippen LogP contribution in [0.25, 0.3) is 0 Å². The number of halogens is 1. The summed E-state index contributed by atoms with van der Waals surface area (Å²) in [5.41, 5.74) is -0.357. The third kappa shape index (κ3) is 5.44. The van der Waals surface area contributed by atoms with Crippen LogP contribution in [-0.2, 0) is 26.6 Å². The van der Waals surface area contributed by atoms with Crippen molar-refractivity contribution in [2.75, 3.05) is 18.4 Å². The van der Waals surface area contributed by atoms with Crippen LogP contribution in [0.5, 0.6) is 0 Å². The molecule has 174 valence electrons. The van der Waals surface area contributed by atoms with Gasteiger partial charge in [-0.25, -0.2) is 13.2 Å². The van der Waals surface area contributed by atoms with E-state index in [0.29, 0.717) is 0 Å².